The van der Waals surface area contributed by atoms with Crippen molar-refractivity contribution in [1.29, 1.82) is 0 Å². The molecule has 0 aromatic heterocycles. The molecule has 8 heteroatoms. The van der Waals surface area contributed by atoms with Crippen LogP contribution in [0.3, 0.4) is 0 Å². The molecule has 2 unspecified atom stereocenters. The number of rotatable bonds is 6. The first-order valence-corrected chi connectivity index (χ1v) is 12.8. The van der Waals surface area contributed by atoms with Crippen LogP contribution < -0.4 is 5.32 Å². The maximum absolute atomic E-state index is 13.3. The van der Waals surface area contributed by atoms with Gasteiger partial charge in [-0.2, -0.15) is 0 Å². The Balaban J connectivity index is 1.25. The summed E-state index contributed by atoms with van der Waals surface area (Å²) < 4.78 is 10.1. The van der Waals surface area contributed by atoms with E-state index in [1.807, 2.05) is 17.0 Å². The molecule has 2 bridgehead atoms. The predicted octanol–water partition coefficient (Wildman–Crippen LogP) is 4.30. The molecule has 3 fully saturated rings. The highest BCUT2D eigenvalue weighted by atomic mass is 16.7. The van der Waals surface area contributed by atoms with Gasteiger partial charge < -0.3 is 19.7 Å². The minimum absolute atomic E-state index is 0.0854. The first-order chi connectivity index (χ1) is 16.6. The van der Waals surface area contributed by atoms with Crippen LogP contribution in [0.25, 0.3) is 0 Å². The highest BCUT2D eigenvalue weighted by Crippen LogP contribution is 2.52. The Morgan fingerprint density at radius 3 is 2.40 bits per heavy atom. The van der Waals surface area contributed by atoms with Crippen molar-refractivity contribution in [3.8, 4) is 0 Å². The van der Waals surface area contributed by atoms with Gasteiger partial charge >= 0.3 is 6.16 Å². The summed E-state index contributed by atoms with van der Waals surface area (Å²) in [6, 6.07) is 7.54. The lowest BCUT2D eigenvalue weighted by Gasteiger charge is -2.39. The molecule has 2 heterocycles. The van der Waals surface area contributed by atoms with Crippen molar-refractivity contribution in [1.82, 2.24) is 9.80 Å². The van der Waals surface area contributed by atoms with Gasteiger partial charge in [0.1, 0.15) is 6.10 Å². The van der Waals surface area contributed by atoms with E-state index in [0.717, 1.165) is 25.8 Å². The standard InChI is InChI=1S/C27H39N3O5/c1-5-34-25(33)35-22-10-12-29(13-11-22)16-23(31)28-20-8-6-19(7-9-20)24(32)30-18-27(4)15-21(30)14-26(2,3)17-27/h6-9,21-22H,5,10-18H2,1-4H3,(H,28,31). The molecule has 2 atom stereocenters. The van der Waals surface area contributed by atoms with Crippen LogP contribution in [0.4, 0.5) is 10.5 Å². The fourth-order valence-electron chi connectivity index (χ4n) is 6.44. The predicted molar refractivity (Wildman–Crippen MR) is 133 cm³/mol. The summed E-state index contributed by atoms with van der Waals surface area (Å²) in [6.07, 6.45) is 3.85. The minimum atomic E-state index is -0.628. The number of carbonyl (C=O) groups is 3. The summed E-state index contributed by atoms with van der Waals surface area (Å²) in [4.78, 5) is 41.4. The maximum Gasteiger partial charge on any atom is 0.508 e. The van der Waals surface area contributed by atoms with E-state index >= 15 is 0 Å². The SMILES string of the molecule is CCOC(=O)OC1CCN(CC(=O)Nc2ccc(C(=O)N3CC4(C)CC3CC(C)(C)C4)cc2)CC1. The maximum atomic E-state index is 13.3. The largest absolute Gasteiger partial charge is 0.508 e. The molecule has 3 aliphatic rings. The second-order valence-electron chi connectivity index (χ2n) is 11.5. The number of nitrogens with one attached hydrogen (secondary N) is 1. The number of ether oxygens (including phenoxy) is 2. The van der Waals surface area contributed by atoms with Crippen LogP contribution in [-0.4, -0.2) is 72.7 Å². The van der Waals surface area contributed by atoms with Gasteiger partial charge in [-0.15, -0.1) is 0 Å². The zero-order valence-corrected chi connectivity index (χ0v) is 21.5. The van der Waals surface area contributed by atoms with Gasteiger partial charge in [-0.05, 0) is 74.1 Å². The molecule has 0 radical (unpaired) electrons. The smallest absolute Gasteiger partial charge is 0.435 e. The van der Waals surface area contributed by atoms with E-state index in [9.17, 15) is 14.4 Å². The van der Waals surface area contributed by atoms with Gasteiger partial charge in [-0.25, -0.2) is 4.79 Å². The van der Waals surface area contributed by atoms with Gasteiger partial charge in [-0.1, -0.05) is 20.8 Å². The number of carbonyl (C=O) groups excluding carboxylic acids is 3. The molecule has 4 rings (SSSR count). The lowest BCUT2D eigenvalue weighted by atomic mass is 9.65. The third kappa shape index (κ3) is 6.34. The van der Waals surface area contributed by atoms with Crippen LogP contribution in [0.5, 0.6) is 0 Å². The molecule has 2 saturated heterocycles. The normalized spacial score (nSPS) is 26.3. The highest BCUT2D eigenvalue weighted by Gasteiger charge is 2.51. The van der Waals surface area contributed by atoms with Crippen molar-refractivity contribution >= 4 is 23.7 Å². The van der Waals surface area contributed by atoms with Gasteiger partial charge in [0, 0.05) is 36.9 Å². The molecule has 192 valence electrons. The number of anilines is 1. The Morgan fingerprint density at radius 2 is 1.74 bits per heavy atom. The third-order valence-electron chi connectivity index (χ3n) is 7.52. The fraction of sp³-hybridized carbons (Fsp3) is 0.667. The molecule has 0 spiro atoms. The zero-order valence-electron chi connectivity index (χ0n) is 21.5. The molecule has 1 aromatic carbocycles. The molecule has 35 heavy (non-hydrogen) atoms. The van der Waals surface area contributed by atoms with Crippen LogP contribution >= 0.6 is 0 Å². The number of amides is 2. The first kappa shape index (κ1) is 25.5. The average Bonchev–Trinajstić information content (AvgIpc) is 3.03. The van der Waals surface area contributed by atoms with Gasteiger partial charge in [0.15, 0.2) is 0 Å². The Hall–Kier alpha value is -2.61. The summed E-state index contributed by atoms with van der Waals surface area (Å²) in [5, 5.41) is 2.93. The Bertz CT molecular complexity index is 939. The topological polar surface area (TPSA) is 88.2 Å². The highest BCUT2D eigenvalue weighted by molar-refractivity contribution is 5.96. The van der Waals surface area contributed by atoms with E-state index in [0.29, 0.717) is 49.8 Å². The molecule has 2 aliphatic heterocycles. The van der Waals surface area contributed by atoms with Crippen LogP contribution in [0.1, 0.15) is 70.2 Å². The average molecular weight is 486 g/mol. The molecule has 1 aromatic rings. The van der Waals surface area contributed by atoms with E-state index < -0.39 is 6.16 Å². The number of piperidine rings is 1. The molecular formula is C27H39N3O5. The molecule has 1 aliphatic carbocycles. The Labute approximate surface area is 208 Å². The molecule has 1 saturated carbocycles. The Kier molecular flexibility index (Phi) is 7.40. The van der Waals surface area contributed by atoms with E-state index in [1.165, 1.54) is 0 Å². The third-order valence-corrected chi connectivity index (χ3v) is 7.52. The van der Waals surface area contributed by atoms with Crippen molar-refractivity contribution in [3.05, 3.63) is 29.8 Å². The second kappa shape index (κ2) is 10.2. The zero-order chi connectivity index (χ0) is 25.2. The van der Waals surface area contributed by atoms with Crippen LogP contribution in [0.2, 0.25) is 0 Å². The van der Waals surface area contributed by atoms with Crippen molar-refractivity contribution in [2.24, 2.45) is 10.8 Å². The van der Waals surface area contributed by atoms with Crippen molar-refractivity contribution < 1.29 is 23.9 Å². The molecular weight excluding hydrogens is 446 g/mol. The fourth-order valence-corrected chi connectivity index (χ4v) is 6.44. The summed E-state index contributed by atoms with van der Waals surface area (Å²) in [7, 11) is 0. The molecule has 2 amide bonds. The monoisotopic (exact) mass is 485 g/mol. The van der Waals surface area contributed by atoms with Gasteiger partial charge in [0.05, 0.1) is 13.2 Å². The van der Waals surface area contributed by atoms with Crippen molar-refractivity contribution in [3.63, 3.8) is 0 Å². The first-order valence-electron chi connectivity index (χ1n) is 12.8. The number of nitrogens with zero attached hydrogens (tertiary/aromatic N) is 2. The van der Waals surface area contributed by atoms with E-state index in [1.54, 1.807) is 19.1 Å². The lowest BCUT2D eigenvalue weighted by molar-refractivity contribution is -0.118. The molecule has 8 nitrogen and oxygen atoms in total. The summed E-state index contributed by atoms with van der Waals surface area (Å²) in [5.74, 6) is -0.0143. The molecule has 1 N–H and O–H groups in total. The summed E-state index contributed by atoms with van der Waals surface area (Å²) in [6.45, 7) is 11.4. The van der Waals surface area contributed by atoms with Crippen molar-refractivity contribution in [2.45, 2.75) is 71.9 Å². The number of hydrogen-bond acceptors (Lipinski definition) is 6. The van der Waals surface area contributed by atoms with E-state index in [4.69, 9.17) is 9.47 Å². The van der Waals surface area contributed by atoms with Crippen LogP contribution in [0.15, 0.2) is 24.3 Å². The second-order valence-corrected chi connectivity index (χ2v) is 11.5. The van der Waals surface area contributed by atoms with E-state index in [2.05, 4.69) is 31.0 Å². The summed E-state index contributed by atoms with van der Waals surface area (Å²) in [5.41, 5.74) is 1.82. The van der Waals surface area contributed by atoms with Crippen molar-refractivity contribution in [2.75, 3.05) is 38.1 Å². The lowest BCUT2D eigenvalue weighted by Crippen LogP contribution is -2.41. The number of likely N-dealkylation sites (tertiary alicyclic amines) is 2. The number of benzene rings is 1. The quantitative estimate of drug-likeness (QED) is 0.605. The van der Waals surface area contributed by atoms with Crippen LogP contribution in [-0.2, 0) is 14.3 Å². The van der Waals surface area contributed by atoms with Gasteiger partial charge in [0.25, 0.3) is 5.91 Å². The number of fused-ring (bicyclic) bond motifs is 2. The number of hydrogen-bond donors (Lipinski definition) is 1. The Morgan fingerprint density at radius 1 is 1.06 bits per heavy atom. The summed E-state index contributed by atoms with van der Waals surface area (Å²) >= 11 is 0. The van der Waals surface area contributed by atoms with Crippen LogP contribution in [0, 0.1) is 10.8 Å². The minimum Gasteiger partial charge on any atom is -0.435 e. The van der Waals surface area contributed by atoms with E-state index in [-0.39, 0.29) is 35.3 Å². The van der Waals surface area contributed by atoms with Gasteiger partial charge in [-0.3, -0.25) is 14.5 Å². The van der Waals surface area contributed by atoms with Gasteiger partial charge in [0.2, 0.25) is 5.91 Å².